The zero-order valence-electron chi connectivity index (χ0n) is 12.7. The molecule has 3 heteroatoms. The van der Waals surface area contributed by atoms with Crippen molar-refractivity contribution in [2.45, 2.75) is 12.8 Å². The van der Waals surface area contributed by atoms with Gasteiger partial charge in [0.2, 0.25) is 0 Å². The van der Waals surface area contributed by atoms with Gasteiger partial charge in [-0.15, -0.1) is 0 Å². The molecule has 3 atom stereocenters. The molecule has 1 aliphatic rings. The first kappa shape index (κ1) is 14.5. The second-order valence-electron chi connectivity index (χ2n) is 5.73. The van der Waals surface area contributed by atoms with Crippen LogP contribution in [0.25, 0.3) is 0 Å². The highest BCUT2D eigenvalue weighted by molar-refractivity contribution is 6.16. The fraction of sp³-hybridized carbons (Fsp3) is 0.263. The van der Waals surface area contributed by atoms with E-state index in [-0.39, 0.29) is 17.6 Å². The average molecular weight is 294 g/mol. The van der Waals surface area contributed by atoms with Crippen LogP contribution in [0.5, 0.6) is 0 Å². The van der Waals surface area contributed by atoms with Gasteiger partial charge in [0.15, 0.2) is 5.78 Å². The van der Waals surface area contributed by atoms with E-state index in [0.29, 0.717) is 5.56 Å². The smallest absolute Gasteiger partial charge is 0.320 e. The van der Waals surface area contributed by atoms with Crippen LogP contribution < -0.4 is 0 Å². The number of esters is 1. The number of benzene rings is 2. The summed E-state index contributed by atoms with van der Waals surface area (Å²) >= 11 is 0. The third-order valence-corrected chi connectivity index (χ3v) is 4.69. The summed E-state index contributed by atoms with van der Waals surface area (Å²) in [7, 11) is 1.34. The number of hydrogen-bond acceptors (Lipinski definition) is 3. The Bertz CT molecular complexity index is 693. The number of carbonyl (C=O) groups excluding carboxylic acids is 2. The van der Waals surface area contributed by atoms with Gasteiger partial charge in [0.1, 0.15) is 5.41 Å². The molecule has 0 heterocycles. The van der Waals surface area contributed by atoms with E-state index in [9.17, 15) is 9.59 Å². The van der Waals surface area contributed by atoms with Crippen LogP contribution >= 0.6 is 0 Å². The molecule has 0 aromatic heterocycles. The SMILES string of the molecule is COC(=O)[C@]1(C(=O)c2ccccc2)[C@H](C)[C@H]1c1ccccc1. The Kier molecular flexibility index (Phi) is 3.57. The van der Waals surface area contributed by atoms with E-state index in [0.717, 1.165) is 5.56 Å². The molecule has 3 rings (SSSR count). The first-order valence-corrected chi connectivity index (χ1v) is 7.37. The highest BCUT2D eigenvalue weighted by Gasteiger charge is 2.73. The maximum Gasteiger partial charge on any atom is 0.320 e. The summed E-state index contributed by atoms with van der Waals surface area (Å²) in [6, 6.07) is 18.7. The second-order valence-corrected chi connectivity index (χ2v) is 5.73. The van der Waals surface area contributed by atoms with Crippen molar-refractivity contribution in [2.24, 2.45) is 11.3 Å². The molecule has 1 saturated carbocycles. The fourth-order valence-electron chi connectivity index (χ4n) is 3.52. The molecule has 0 radical (unpaired) electrons. The molecule has 1 fully saturated rings. The van der Waals surface area contributed by atoms with Gasteiger partial charge in [-0.25, -0.2) is 0 Å². The highest BCUT2D eigenvalue weighted by Crippen LogP contribution is 2.66. The van der Waals surface area contributed by atoms with Crippen LogP contribution in [0.2, 0.25) is 0 Å². The predicted molar refractivity (Wildman–Crippen MR) is 83.6 cm³/mol. The second kappa shape index (κ2) is 5.41. The largest absolute Gasteiger partial charge is 0.468 e. The third kappa shape index (κ3) is 1.97. The molecule has 3 nitrogen and oxygen atoms in total. The minimum atomic E-state index is -1.10. The van der Waals surface area contributed by atoms with E-state index in [2.05, 4.69) is 0 Å². The molecule has 0 N–H and O–H groups in total. The third-order valence-electron chi connectivity index (χ3n) is 4.69. The molecule has 2 aromatic rings. The molecular weight excluding hydrogens is 276 g/mol. The molecular formula is C19H18O3. The normalized spacial score (nSPS) is 26.3. The monoisotopic (exact) mass is 294 g/mol. The maximum atomic E-state index is 13.0. The summed E-state index contributed by atoms with van der Waals surface area (Å²) < 4.78 is 4.98. The van der Waals surface area contributed by atoms with E-state index >= 15 is 0 Å². The van der Waals surface area contributed by atoms with E-state index in [1.807, 2.05) is 55.5 Å². The number of hydrogen-bond donors (Lipinski definition) is 0. The van der Waals surface area contributed by atoms with Gasteiger partial charge in [-0.05, 0) is 11.5 Å². The summed E-state index contributed by atoms with van der Waals surface area (Å²) in [4.78, 5) is 25.5. The minimum Gasteiger partial charge on any atom is -0.468 e. The van der Waals surface area contributed by atoms with Crippen LogP contribution in [0.15, 0.2) is 60.7 Å². The molecule has 2 aromatic carbocycles. The Morgan fingerprint density at radius 2 is 1.50 bits per heavy atom. The average Bonchev–Trinajstić information content (AvgIpc) is 3.21. The number of ketones is 1. The van der Waals surface area contributed by atoms with Gasteiger partial charge >= 0.3 is 5.97 Å². The van der Waals surface area contributed by atoms with E-state index < -0.39 is 11.4 Å². The van der Waals surface area contributed by atoms with Crippen LogP contribution in [0.1, 0.15) is 28.8 Å². The van der Waals surface area contributed by atoms with Crippen molar-refractivity contribution in [1.29, 1.82) is 0 Å². The zero-order valence-corrected chi connectivity index (χ0v) is 12.7. The van der Waals surface area contributed by atoms with Gasteiger partial charge in [-0.2, -0.15) is 0 Å². The molecule has 22 heavy (non-hydrogen) atoms. The minimum absolute atomic E-state index is 0.0740. The van der Waals surface area contributed by atoms with Crippen molar-refractivity contribution in [3.8, 4) is 0 Å². The zero-order chi connectivity index (χ0) is 15.7. The Morgan fingerprint density at radius 1 is 0.955 bits per heavy atom. The summed E-state index contributed by atoms with van der Waals surface area (Å²) in [5.74, 6) is -0.798. The Labute approximate surface area is 129 Å². The standard InChI is InChI=1S/C19H18O3/c1-13-16(14-9-5-3-6-10-14)19(13,18(21)22-2)17(20)15-11-7-4-8-12-15/h3-13,16H,1-2H3/t13-,16+,19-/m1/s1. The lowest BCUT2D eigenvalue weighted by Crippen LogP contribution is -2.30. The first-order valence-electron chi connectivity index (χ1n) is 7.37. The first-order chi connectivity index (χ1) is 10.6. The van der Waals surface area contributed by atoms with Crippen molar-refractivity contribution < 1.29 is 14.3 Å². The summed E-state index contributed by atoms with van der Waals surface area (Å²) in [5.41, 5.74) is 0.458. The van der Waals surface area contributed by atoms with Crippen LogP contribution in [0.4, 0.5) is 0 Å². The summed E-state index contributed by atoms with van der Waals surface area (Å²) in [6.07, 6.45) is 0. The lowest BCUT2D eigenvalue weighted by Gasteiger charge is -2.14. The molecule has 0 bridgehead atoms. The summed E-state index contributed by atoms with van der Waals surface area (Å²) in [5, 5.41) is 0. The van der Waals surface area contributed by atoms with Crippen molar-refractivity contribution in [3.05, 3.63) is 71.8 Å². The van der Waals surface area contributed by atoms with Crippen molar-refractivity contribution in [2.75, 3.05) is 7.11 Å². The topological polar surface area (TPSA) is 43.4 Å². The molecule has 0 aliphatic heterocycles. The van der Waals surface area contributed by atoms with Gasteiger partial charge in [0.25, 0.3) is 0 Å². The van der Waals surface area contributed by atoms with Crippen molar-refractivity contribution >= 4 is 11.8 Å². The molecule has 0 unspecified atom stereocenters. The van der Waals surface area contributed by atoms with Crippen molar-refractivity contribution in [3.63, 3.8) is 0 Å². The quantitative estimate of drug-likeness (QED) is 0.493. The summed E-state index contributed by atoms with van der Waals surface area (Å²) in [6.45, 7) is 1.94. The van der Waals surface area contributed by atoms with Crippen molar-refractivity contribution in [1.82, 2.24) is 0 Å². The number of Topliss-reactive ketones (excluding diaryl/α,β-unsaturated/α-hetero) is 1. The van der Waals surface area contributed by atoms with Gasteiger partial charge in [0.05, 0.1) is 7.11 Å². The molecule has 0 saturated heterocycles. The van der Waals surface area contributed by atoms with Gasteiger partial charge in [0, 0.05) is 11.5 Å². The number of methoxy groups -OCH3 is 1. The highest BCUT2D eigenvalue weighted by atomic mass is 16.5. The van der Waals surface area contributed by atoms with Gasteiger partial charge in [-0.3, -0.25) is 9.59 Å². The number of rotatable bonds is 4. The van der Waals surface area contributed by atoms with Gasteiger partial charge in [-0.1, -0.05) is 67.6 Å². The molecule has 1 aliphatic carbocycles. The van der Waals surface area contributed by atoms with E-state index in [1.165, 1.54) is 7.11 Å². The lowest BCUT2D eigenvalue weighted by atomic mass is 9.89. The molecule has 0 spiro atoms. The Morgan fingerprint density at radius 3 is 2.05 bits per heavy atom. The lowest BCUT2D eigenvalue weighted by molar-refractivity contribution is -0.145. The predicted octanol–water partition coefficient (Wildman–Crippen LogP) is 3.46. The fourth-order valence-corrected chi connectivity index (χ4v) is 3.52. The van der Waals surface area contributed by atoms with Crippen LogP contribution in [0, 0.1) is 11.3 Å². The number of ether oxygens (including phenoxy) is 1. The molecule has 112 valence electrons. The number of carbonyl (C=O) groups is 2. The van der Waals surface area contributed by atoms with Gasteiger partial charge < -0.3 is 4.74 Å². The maximum absolute atomic E-state index is 13.0. The Balaban J connectivity index is 2.05. The van der Waals surface area contributed by atoms with Crippen LogP contribution in [-0.2, 0) is 9.53 Å². The van der Waals surface area contributed by atoms with Crippen LogP contribution in [-0.4, -0.2) is 18.9 Å². The molecule has 0 amide bonds. The van der Waals surface area contributed by atoms with E-state index in [1.54, 1.807) is 12.1 Å². The van der Waals surface area contributed by atoms with E-state index in [4.69, 9.17) is 4.74 Å². The Hall–Kier alpha value is -2.42. The van der Waals surface area contributed by atoms with Crippen LogP contribution in [0.3, 0.4) is 0 Å².